The van der Waals surface area contributed by atoms with Crippen LogP contribution < -0.4 is 0 Å². The van der Waals surface area contributed by atoms with Crippen molar-refractivity contribution >= 4 is 10.0 Å². The van der Waals surface area contributed by atoms with Gasteiger partial charge in [-0.1, -0.05) is 47.5 Å². The molecule has 24 heavy (non-hydrogen) atoms. The Morgan fingerprint density at radius 3 is 2.17 bits per heavy atom. The largest absolute Gasteiger partial charge is 0.243 e. The van der Waals surface area contributed by atoms with Crippen LogP contribution in [0.25, 0.3) is 0 Å². The molecule has 1 spiro atoms. The Labute approximate surface area is 144 Å². The van der Waals surface area contributed by atoms with E-state index in [1.165, 1.54) is 11.1 Å². The second-order valence-corrected chi connectivity index (χ2v) is 9.37. The van der Waals surface area contributed by atoms with Crippen molar-refractivity contribution in [3.05, 3.63) is 65.2 Å². The fourth-order valence-corrected chi connectivity index (χ4v) is 5.53. The van der Waals surface area contributed by atoms with Crippen molar-refractivity contribution < 1.29 is 8.42 Å². The van der Waals surface area contributed by atoms with Gasteiger partial charge in [0.2, 0.25) is 10.0 Å². The van der Waals surface area contributed by atoms with Crippen molar-refractivity contribution in [2.75, 3.05) is 13.1 Å². The van der Waals surface area contributed by atoms with Crippen LogP contribution in [0.3, 0.4) is 0 Å². The average Bonchev–Trinajstić information content (AvgIpc) is 3.07. The number of sulfonamides is 1. The normalized spacial score (nSPS) is 26.8. The topological polar surface area (TPSA) is 37.4 Å². The fourth-order valence-electron chi connectivity index (χ4n) is 3.99. The molecule has 3 nitrogen and oxygen atoms in total. The molecule has 2 aromatic carbocycles. The van der Waals surface area contributed by atoms with Gasteiger partial charge in [-0.25, -0.2) is 8.42 Å². The van der Waals surface area contributed by atoms with E-state index in [4.69, 9.17) is 0 Å². The highest BCUT2D eigenvalue weighted by atomic mass is 32.2. The third-order valence-electron chi connectivity index (χ3n) is 5.68. The molecular weight excluding hydrogens is 318 g/mol. The van der Waals surface area contributed by atoms with E-state index in [1.54, 1.807) is 16.4 Å². The molecule has 4 rings (SSSR count). The van der Waals surface area contributed by atoms with Crippen LogP contribution >= 0.6 is 0 Å². The lowest BCUT2D eigenvalue weighted by Crippen LogP contribution is -2.29. The minimum Gasteiger partial charge on any atom is -0.207 e. The van der Waals surface area contributed by atoms with Gasteiger partial charge in [0.05, 0.1) is 4.90 Å². The molecule has 1 aliphatic carbocycles. The van der Waals surface area contributed by atoms with Gasteiger partial charge < -0.3 is 0 Å². The predicted molar refractivity (Wildman–Crippen MR) is 95.5 cm³/mol. The summed E-state index contributed by atoms with van der Waals surface area (Å²) in [5, 5.41) is 0. The maximum atomic E-state index is 12.9. The Morgan fingerprint density at radius 2 is 1.54 bits per heavy atom. The lowest BCUT2D eigenvalue weighted by molar-refractivity contribution is 0.445. The third-order valence-corrected chi connectivity index (χ3v) is 7.54. The zero-order chi connectivity index (χ0) is 16.9. The highest BCUT2D eigenvalue weighted by Crippen LogP contribution is 2.64. The smallest absolute Gasteiger partial charge is 0.207 e. The predicted octanol–water partition coefficient (Wildman–Crippen LogP) is 3.87. The molecule has 1 heterocycles. The van der Waals surface area contributed by atoms with Gasteiger partial charge in [0.15, 0.2) is 0 Å². The van der Waals surface area contributed by atoms with Gasteiger partial charge >= 0.3 is 0 Å². The van der Waals surface area contributed by atoms with Crippen LogP contribution in [-0.2, 0) is 10.0 Å². The number of nitrogens with zero attached hydrogens (tertiary/aromatic N) is 1. The van der Waals surface area contributed by atoms with E-state index in [2.05, 4.69) is 31.2 Å². The van der Waals surface area contributed by atoms with E-state index in [0.717, 1.165) is 18.4 Å². The van der Waals surface area contributed by atoms with Gasteiger partial charge in [0.25, 0.3) is 0 Å². The van der Waals surface area contributed by atoms with Gasteiger partial charge in [-0.3, -0.25) is 0 Å². The van der Waals surface area contributed by atoms with Gasteiger partial charge in [-0.05, 0) is 55.7 Å². The maximum absolute atomic E-state index is 12.9. The number of hydrogen-bond acceptors (Lipinski definition) is 2. The van der Waals surface area contributed by atoms with Gasteiger partial charge in [-0.2, -0.15) is 4.31 Å². The lowest BCUT2D eigenvalue weighted by Gasteiger charge is -2.17. The van der Waals surface area contributed by atoms with Gasteiger partial charge in [0, 0.05) is 13.1 Å². The van der Waals surface area contributed by atoms with Crippen LogP contribution in [-0.4, -0.2) is 25.8 Å². The van der Waals surface area contributed by atoms with E-state index in [-0.39, 0.29) is 5.41 Å². The molecule has 1 saturated carbocycles. The summed E-state index contributed by atoms with van der Waals surface area (Å²) in [5.74, 6) is 0.510. The first-order chi connectivity index (χ1) is 11.4. The van der Waals surface area contributed by atoms with Crippen LogP contribution in [0.5, 0.6) is 0 Å². The van der Waals surface area contributed by atoms with Crippen molar-refractivity contribution in [1.82, 2.24) is 4.31 Å². The zero-order valence-corrected chi connectivity index (χ0v) is 15.0. The first kappa shape index (κ1) is 15.9. The summed E-state index contributed by atoms with van der Waals surface area (Å²) >= 11 is 0. The number of hydrogen-bond donors (Lipinski definition) is 0. The van der Waals surface area contributed by atoms with E-state index in [0.29, 0.717) is 23.9 Å². The van der Waals surface area contributed by atoms with E-state index < -0.39 is 10.0 Å². The molecule has 1 saturated heterocycles. The summed E-state index contributed by atoms with van der Waals surface area (Å²) in [6, 6.07) is 15.9. The van der Waals surface area contributed by atoms with Crippen molar-refractivity contribution in [1.29, 1.82) is 0 Å². The quantitative estimate of drug-likeness (QED) is 0.850. The Morgan fingerprint density at radius 1 is 0.958 bits per heavy atom. The second-order valence-electron chi connectivity index (χ2n) is 7.43. The maximum Gasteiger partial charge on any atom is 0.243 e. The molecule has 0 radical (unpaired) electrons. The van der Waals surface area contributed by atoms with E-state index >= 15 is 0 Å². The number of aryl methyl sites for hydroxylation is 2. The van der Waals surface area contributed by atoms with Crippen molar-refractivity contribution in [2.45, 2.75) is 37.5 Å². The van der Waals surface area contributed by atoms with Crippen molar-refractivity contribution in [3.63, 3.8) is 0 Å². The molecule has 0 bridgehead atoms. The Kier molecular flexibility index (Phi) is 3.59. The first-order valence-electron chi connectivity index (χ1n) is 8.54. The van der Waals surface area contributed by atoms with E-state index in [1.807, 2.05) is 19.1 Å². The highest BCUT2D eigenvalue weighted by molar-refractivity contribution is 7.89. The van der Waals surface area contributed by atoms with Crippen molar-refractivity contribution in [3.8, 4) is 0 Å². The molecule has 126 valence electrons. The minimum absolute atomic E-state index is 0.160. The minimum atomic E-state index is -3.37. The van der Waals surface area contributed by atoms with Crippen LogP contribution in [0, 0.1) is 19.3 Å². The second kappa shape index (κ2) is 5.43. The summed E-state index contributed by atoms with van der Waals surface area (Å²) in [6.07, 6.45) is 2.08. The first-order valence-corrected chi connectivity index (χ1v) is 9.98. The molecule has 0 amide bonds. The summed E-state index contributed by atoms with van der Waals surface area (Å²) in [4.78, 5) is 0.415. The molecule has 0 N–H and O–H groups in total. The van der Waals surface area contributed by atoms with Gasteiger partial charge in [-0.15, -0.1) is 0 Å². The van der Waals surface area contributed by atoms with E-state index in [9.17, 15) is 8.42 Å². The summed E-state index contributed by atoms with van der Waals surface area (Å²) in [5.41, 5.74) is 3.86. The summed E-state index contributed by atoms with van der Waals surface area (Å²) in [7, 11) is -3.37. The van der Waals surface area contributed by atoms with Crippen LogP contribution in [0.2, 0.25) is 0 Å². The highest BCUT2D eigenvalue weighted by Gasteiger charge is 2.59. The SMILES string of the molecule is Cc1ccc([C@H]2C[C@]23CCN(S(=O)(=O)c2ccc(C)cc2)C3)cc1. The summed E-state index contributed by atoms with van der Waals surface area (Å²) < 4.78 is 27.4. The monoisotopic (exact) mass is 341 g/mol. The average molecular weight is 341 g/mol. The molecule has 2 aliphatic rings. The standard InChI is InChI=1S/C20H23NO2S/c1-15-3-7-17(8-4-15)19-13-20(19)11-12-21(14-20)24(22,23)18-9-5-16(2)6-10-18/h3-10,19H,11-14H2,1-2H3/t19-,20+/m1/s1. The fraction of sp³-hybridized carbons (Fsp3) is 0.400. The molecule has 0 unspecified atom stereocenters. The molecule has 2 fully saturated rings. The molecule has 2 atom stereocenters. The third kappa shape index (κ3) is 2.58. The molecule has 0 aromatic heterocycles. The Hall–Kier alpha value is -1.65. The molecular formula is C20H23NO2S. The number of rotatable bonds is 3. The zero-order valence-electron chi connectivity index (χ0n) is 14.2. The lowest BCUT2D eigenvalue weighted by atomic mass is 9.98. The number of benzene rings is 2. The molecule has 1 aliphatic heterocycles. The molecule has 2 aromatic rings. The van der Waals surface area contributed by atoms with Crippen LogP contribution in [0.4, 0.5) is 0 Å². The Bertz CT molecular complexity index is 856. The van der Waals surface area contributed by atoms with Crippen molar-refractivity contribution in [2.24, 2.45) is 5.41 Å². The Balaban J connectivity index is 1.53. The van der Waals surface area contributed by atoms with Crippen LogP contribution in [0.1, 0.15) is 35.4 Å². The summed E-state index contributed by atoms with van der Waals surface area (Å²) in [6.45, 7) is 5.36. The van der Waals surface area contributed by atoms with Crippen LogP contribution in [0.15, 0.2) is 53.4 Å². The van der Waals surface area contributed by atoms with Gasteiger partial charge in [0.1, 0.15) is 0 Å². The molecule has 4 heteroatoms.